The fourth-order valence-electron chi connectivity index (χ4n) is 3.09. The van der Waals surface area contributed by atoms with Crippen molar-refractivity contribution in [2.75, 3.05) is 24.7 Å². The summed E-state index contributed by atoms with van der Waals surface area (Å²) in [6.07, 6.45) is 1.86. The molecule has 0 atom stereocenters. The van der Waals surface area contributed by atoms with Crippen LogP contribution < -0.4 is 15.8 Å². The number of aryl methyl sites for hydroxylation is 1. The molecule has 1 aromatic carbocycles. The number of nitrogens with zero attached hydrogens (tertiary/aromatic N) is 4. The minimum Gasteiger partial charge on any atom is -0.497 e. The summed E-state index contributed by atoms with van der Waals surface area (Å²) in [6.45, 7) is 4.34. The number of hydrogen-bond donors (Lipinski definition) is 2. The molecule has 3 N–H and O–H groups in total. The van der Waals surface area contributed by atoms with Crippen LogP contribution in [0.25, 0.3) is 11.3 Å². The molecule has 24 heavy (non-hydrogen) atoms. The number of nitrogens with one attached hydrogen (secondary N) is 1. The lowest BCUT2D eigenvalue weighted by molar-refractivity contribution is 0.414. The quantitative estimate of drug-likeness (QED) is 0.768. The molecule has 0 saturated carbocycles. The lowest BCUT2D eigenvalue weighted by atomic mass is 10.1. The van der Waals surface area contributed by atoms with Gasteiger partial charge in [-0.25, -0.2) is 4.68 Å². The SMILES string of the molecule is COc1ccc(Cn2nc(C)c(N)c2-c2cnn3c2NCC3)cc1. The summed E-state index contributed by atoms with van der Waals surface area (Å²) in [5.74, 6) is 1.85. The summed E-state index contributed by atoms with van der Waals surface area (Å²) in [4.78, 5) is 0. The number of methoxy groups -OCH3 is 1. The van der Waals surface area contributed by atoms with Gasteiger partial charge >= 0.3 is 0 Å². The molecule has 7 heteroatoms. The van der Waals surface area contributed by atoms with Crippen molar-refractivity contribution in [2.45, 2.75) is 20.0 Å². The van der Waals surface area contributed by atoms with Crippen LogP contribution in [0.15, 0.2) is 30.5 Å². The van der Waals surface area contributed by atoms with Gasteiger partial charge in [0, 0.05) is 6.54 Å². The van der Waals surface area contributed by atoms with Crippen LogP contribution in [0.3, 0.4) is 0 Å². The minimum absolute atomic E-state index is 0.641. The Kier molecular flexibility index (Phi) is 3.41. The van der Waals surface area contributed by atoms with Crippen molar-refractivity contribution in [1.82, 2.24) is 19.6 Å². The van der Waals surface area contributed by atoms with E-state index < -0.39 is 0 Å². The van der Waals surface area contributed by atoms with Gasteiger partial charge in [0.2, 0.25) is 0 Å². The largest absolute Gasteiger partial charge is 0.497 e. The number of anilines is 2. The predicted molar refractivity (Wildman–Crippen MR) is 93.2 cm³/mol. The molecule has 0 saturated heterocycles. The van der Waals surface area contributed by atoms with Crippen molar-refractivity contribution >= 4 is 11.5 Å². The molecule has 7 nitrogen and oxygen atoms in total. The Morgan fingerprint density at radius 2 is 2.08 bits per heavy atom. The van der Waals surface area contributed by atoms with Crippen molar-refractivity contribution in [3.8, 4) is 17.0 Å². The van der Waals surface area contributed by atoms with Crippen LogP contribution in [0.2, 0.25) is 0 Å². The first-order valence-electron chi connectivity index (χ1n) is 7.93. The first-order chi connectivity index (χ1) is 11.7. The molecule has 3 heterocycles. The third kappa shape index (κ3) is 2.29. The molecule has 0 fully saturated rings. The number of nitrogens with two attached hydrogens (primary N) is 1. The van der Waals surface area contributed by atoms with E-state index in [0.29, 0.717) is 12.2 Å². The van der Waals surface area contributed by atoms with E-state index in [0.717, 1.165) is 47.2 Å². The zero-order chi connectivity index (χ0) is 16.7. The van der Waals surface area contributed by atoms with Crippen LogP contribution in [-0.2, 0) is 13.1 Å². The maximum atomic E-state index is 6.32. The van der Waals surface area contributed by atoms with Gasteiger partial charge < -0.3 is 15.8 Å². The molecule has 4 rings (SSSR count). The van der Waals surface area contributed by atoms with E-state index in [2.05, 4.69) is 15.5 Å². The van der Waals surface area contributed by atoms with Gasteiger partial charge in [-0.1, -0.05) is 12.1 Å². The second kappa shape index (κ2) is 5.59. The molecule has 0 spiro atoms. The smallest absolute Gasteiger partial charge is 0.133 e. The molecular formula is C17H20N6O. The number of fused-ring (bicyclic) bond motifs is 1. The monoisotopic (exact) mass is 324 g/mol. The zero-order valence-corrected chi connectivity index (χ0v) is 13.8. The highest BCUT2D eigenvalue weighted by Crippen LogP contribution is 2.35. The average Bonchev–Trinajstić information content (AvgIpc) is 3.26. The summed E-state index contributed by atoms with van der Waals surface area (Å²) < 4.78 is 9.13. The first-order valence-corrected chi connectivity index (χ1v) is 7.93. The van der Waals surface area contributed by atoms with Gasteiger partial charge in [0.1, 0.15) is 11.6 Å². The highest BCUT2D eigenvalue weighted by molar-refractivity contribution is 5.82. The maximum Gasteiger partial charge on any atom is 0.133 e. The number of hydrogen-bond acceptors (Lipinski definition) is 5. The van der Waals surface area contributed by atoms with Crippen LogP contribution in [-0.4, -0.2) is 33.2 Å². The molecule has 124 valence electrons. The highest BCUT2D eigenvalue weighted by atomic mass is 16.5. The standard InChI is InChI=1S/C17H20N6O/c1-11-15(18)16(14-9-20-22-8-7-19-17(14)22)23(21-11)10-12-3-5-13(24-2)6-4-12/h3-6,9,19H,7-8,10,18H2,1-2H3. The summed E-state index contributed by atoms with van der Waals surface area (Å²) in [5, 5.41) is 12.4. The summed E-state index contributed by atoms with van der Waals surface area (Å²) in [5.41, 5.74) is 10.9. The zero-order valence-electron chi connectivity index (χ0n) is 13.8. The van der Waals surface area contributed by atoms with E-state index in [4.69, 9.17) is 10.5 Å². The number of nitrogen functional groups attached to an aromatic ring is 1. The van der Waals surface area contributed by atoms with Gasteiger partial charge in [0.25, 0.3) is 0 Å². The van der Waals surface area contributed by atoms with Gasteiger partial charge in [0.15, 0.2) is 0 Å². The number of aromatic nitrogens is 4. The minimum atomic E-state index is 0.641. The Morgan fingerprint density at radius 3 is 2.83 bits per heavy atom. The van der Waals surface area contributed by atoms with E-state index >= 15 is 0 Å². The Labute approximate surface area is 140 Å². The summed E-state index contributed by atoms with van der Waals surface area (Å²) >= 11 is 0. The van der Waals surface area contributed by atoms with Crippen molar-refractivity contribution in [1.29, 1.82) is 0 Å². The van der Waals surface area contributed by atoms with E-state index in [1.165, 1.54) is 0 Å². The topological polar surface area (TPSA) is 82.9 Å². The summed E-state index contributed by atoms with van der Waals surface area (Å²) in [7, 11) is 1.66. The lowest BCUT2D eigenvalue weighted by Crippen LogP contribution is -2.05. The highest BCUT2D eigenvalue weighted by Gasteiger charge is 2.23. The first kappa shape index (κ1) is 14.6. The average molecular weight is 324 g/mol. The molecule has 0 bridgehead atoms. The molecule has 2 aromatic heterocycles. The van der Waals surface area contributed by atoms with Crippen molar-refractivity contribution in [3.63, 3.8) is 0 Å². The number of ether oxygens (including phenoxy) is 1. The van der Waals surface area contributed by atoms with Crippen LogP contribution >= 0.6 is 0 Å². The van der Waals surface area contributed by atoms with E-state index in [1.807, 2.05) is 46.7 Å². The Bertz CT molecular complexity index is 877. The molecule has 1 aliphatic heterocycles. The van der Waals surface area contributed by atoms with Crippen LogP contribution in [0.4, 0.5) is 11.5 Å². The number of benzene rings is 1. The molecule has 0 unspecified atom stereocenters. The van der Waals surface area contributed by atoms with Crippen LogP contribution in [0, 0.1) is 6.92 Å². The maximum absolute atomic E-state index is 6.32. The second-order valence-electron chi connectivity index (χ2n) is 5.91. The normalized spacial score (nSPS) is 12.9. The fraction of sp³-hybridized carbons (Fsp3) is 0.294. The van der Waals surface area contributed by atoms with Gasteiger partial charge in [-0.2, -0.15) is 10.2 Å². The van der Waals surface area contributed by atoms with Gasteiger partial charge in [-0.05, 0) is 24.6 Å². The predicted octanol–water partition coefficient (Wildman–Crippen LogP) is 2.12. The van der Waals surface area contributed by atoms with Crippen LogP contribution in [0.5, 0.6) is 5.75 Å². The van der Waals surface area contributed by atoms with E-state index in [9.17, 15) is 0 Å². The Morgan fingerprint density at radius 1 is 1.29 bits per heavy atom. The molecule has 3 aromatic rings. The van der Waals surface area contributed by atoms with Gasteiger partial charge in [-0.15, -0.1) is 0 Å². The Balaban J connectivity index is 1.74. The fourth-order valence-corrected chi connectivity index (χ4v) is 3.09. The molecule has 0 aliphatic carbocycles. The molecule has 1 aliphatic rings. The molecular weight excluding hydrogens is 304 g/mol. The molecule has 0 amide bonds. The van der Waals surface area contributed by atoms with Crippen LogP contribution in [0.1, 0.15) is 11.3 Å². The van der Waals surface area contributed by atoms with Gasteiger partial charge in [-0.3, -0.25) is 4.68 Å². The van der Waals surface area contributed by atoms with Crippen molar-refractivity contribution in [2.24, 2.45) is 0 Å². The second-order valence-corrected chi connectivity index (χ2v) is 5.91. The van der Waals surface area contributed by atoms with E-state index in [1.54, 1.807) is 7.11 Å². The van der Waals surface area contributed by atoms with E-state index in [-0.39, 0.29) is 0 Å². The third-order valence-electron chi connectivity index (χ3n) is 4.38. The third-order valence-corrected chi connectivity index (χ3v) is 4.38. The molecule has 0 radical (unpaired) electrons. The lowest BCUT2D eigenvalue weighted by Gasteiger charge is -2.09. The van der Waals surface area contributed by atoms with Gasteiger partial charge in [0.05, 0.1) is 49.0 Å². The Hall–Kier alpha value is -2.96. The number of rotatable bonds is 4. The van der Waals surface area contributed by atoms with Crippen molar-refractivity contribution < 1.29 is 4.74 Å². The summed E-state index contributed by atoms with van der Waals surface area (Å²) in [6, 6.07) is 7.98. The van der Waals surface area contributed by atoms with Crippen molar-refractivity contribution in [3.05, 3.63) is 41.7 Å².